The highest BCUT2D eigenvalue weighted by molar-refractivity contribution is 5.95. The standard InChI is InChI=1S/C17H34O2.C13H10O2/c1-2-3-4-5-6-7-8-9-10-11-12-13-14-15-16-17(18)19;14-13(15)12-9-5-4-8-11(12)10-6-2-1-3-7-10/h2-16H2,1H3,(H,18,19);1-9H,(H,14,15). The van der Waals surface area contributed by atoms with E-state index in [0.29, 0.717) is 12.0 Å². The van der Waals surface area contributed by atoms with Crippen LogP contribution in [0.2, 0.25) is 0 Å². The van der Waals surface area contributed by atoms with E-state index >= 15 is 0 Å². The zero-order valence-electron chi connectivity index (χ0n) is 21.0. The van der Waals surface area contributed by atoms with Crippen molar-refractivity contribution >= 4 is 11.9 Å². The van der Waals surface area contributed by atoms with Gasteiger partial charge in [0, 0.05) is 6.42 Å². The van der Waals surface area contributed by atoms with Crippen molar-refractivity contribution in [3.63, 3.8) is 0 Å². The quantitative estimate of drug-likeness (QED) is 0.227. The lowest BCUT2D eigenvalue weighted by molar-refractivity contribution is -0.137. The summed E-state index contributed by atoms with van der Waals surface area (Å²) in [5, 5.41) is 17.5. The fraction of sp³-hybridized carbons (Fsp3) is 0.533. The number of rotatable bonds is 17. The Morgan fingerprint density at radius 1 is 0.588 bits per heavy atom. The summed E-state index contributed by atoms with van der Waals surface area (Å²) in [5.41, 5.74) is 2.02. The van der Waals surface area contributed by atoms with Gasteiger partial charge in [0.2, 0.25) is 0 Å². The molecule has 2 aromatic rings. The van der Waals surface area contributed by atoms with Crippen LogP contribution in [0.4, 0.5) is 0 Å². The van der Waals surface area contributed by atoms with Crippen LogP contribution >= 0.6 is 0 Å². The fourth-order valence-electron chi connectivity index (χ4n) is 4.01. The molecule has 188 valence electrons. The molecule has 0 aliphatic heterocycles. The van der Waals surface area contributed by atoms with Crippen LogP contribution in [-0.4, -0.2) is 22.2 Å². The van der Waals surface area contributed by atoms with Crippen molar-refractivity contribution in [1.82, 2.24) is 0 Å². The minimum atomic E-state index is -0.894. The number of carbonyl (C=O) groups is 2. The van der Waals surface area contributed by atoms with Crippen LogP contribution in [0.15, 0.2) is 54.6 Å². The monoisotopic (exact) mass is 468 g/mol. The smallest absolute Gasteiger partial charge is 0.336 e. The van der Waals surface area contributed by atoms with Crippen molar-refractivity contribution in [2.75, 3.05) is 0 Å². The first kappa shape index (κ1) is 29.4. The van der Waals surface area contributed by atoms with Crippen molar-refractivity contribution in [3.8, 4) is 11.1 Å². The second-order valence-corrected chi connectivity index (χ2v) is 8.96. The molecule has 0 amide bonds. The molecule has 0 heterocycles. The zero-order valence-corrected chi connectivity index (χ0v) is 21.0. The molecule has 0 saturated carbocycles. The molecular weight excluding hydrogens is 424 g/mol. The lowest BCUT2D eigenvalue weighted by Gasteiger charge is -2.05. The van der Waals surface area contributed by atoms with Crippen LogP contribution in [0.3, 0.4) is 0 Å². The molecule has 0 spiro atoms. The number of carboxylic acids is 2. The van der Waals surface area contributed by atoms with Crippen LogP contribution in [0.1, 0.15) is 114 Å². The van der Waals surface area contributed by atoms with Gasteiger partial charge < -0.3 is 10.2 Å². The van der Waals surface area contributed by atoms with Crippen LogP contribution < -0.4 is 0 Å². The Bertz CT molecular complexity index is 785. The van der Waals surface area contributed by atoms with Crippen molar-refractivity contribution in [3.05, 3.63) is 60.2 Å². The highest BCUT2D eigenvalue weighted by Crippen LogP contribution is 2.23. The third kappa shape index (κ3) is 14.5. The summed E-state index contributed by atoms with van der Waals surface area (Å²) in [7, 11) is 0. The van der Waals surface area contributed by atoms with E-state index in [1.54, 1.807) is 12.1 Å². The van der Waals surface area contributed by atoms with E-state index in [4.69, 9.17) is 10.2 Å². The molecule has 0 fully saturated rings. The van der Waals surface area contributed by atoms with Gasteiger partial charge in [0.15, 0.2) is 0 Å². The van der Waals surface area contributed by atoms with Gasteiger partial charge in [0.25, 0.3) is 0 Å². The van der Waals surface area contributed by atoms with Gasteiger partial charge in [-0.2, -0.15) is 0 Å². The van der Waals surface area contributed by atoms with Gasteiger partial charge in [-0.05, 0) is 23.6 Å². The van der Waals surface area contributed by atoms with Gasteiger partial charge in [-0.1, -0.05) is 139 Å². The van der Waals surface area contributed by atoms with Crippen LogP contribution in [0.25, 0.3) is 11.1 Å². The van der Waals surface area contributed by atoms with Crippen molar-refractivity contribution in [1.29, 1.82) is 0 Å². The van der Waals surface area contributed by atoms with E-state index in [1.807, 2.05) is 42.5 Å². The molecule has 0 aromatic heterocycles. The van der Waals surface area contributed by atoms with Gasteiger partial charge in [-0.3, -0.25) is 4.79 Å². The molecule has 2 rings (SSSR count). The first-order valence-electron chi connectivity index (χ1n) is 13.2. The minimum absolute atomic E-state index is 0.337. The zero-order chi connectivity index (χ0) is 24.9. The molecule has 0 bridgehead atoms. The average molecular weight is 469 g/mol. The molecule has 34 heavy (non-hydrogen) atoms. The number of benzene rings is 2. The number of hydrogen-bond donors (Lipinski definition) is 2. The summed E-state index contributed by atoms with van der Waals surface area (Å²) in [6.07, 6.45) is 18.7. The first-order valence-corrected chi connectivity index (χ1v) is 13.2. The maximum atomic E-state index is 11.0. The maximum absolute atomic E-state index is 11.0. The SMILES string of the molecule is CCCCCCCCCCCCCCCCC(=O)O.O=C(O)c1ccccc1-c1ccccc1. The Hall–Kier alpha value is -2.62. The lowest BCUT2D eigenvalue weighted by Crippen LogP contribution is -1.98. The van der Waals surface area contributed by atoms with E-state index in [1.165, 1.54) is 77.0 Å². The van der Waals surface area contributed by atoms with Crippen molar-refractivity contribution < 1.29 is 19.8 Å². The van der Waals surface area contributed by atoms with Gasteiger partial charge in [0.05, 0.1) is 5.56 Å². The summed E-state index contributed by atoms with van der Waals surface area (Å²) in [6, 6.07) is 16.5. The summed E-state index contributed by atoms with van der Waals surface area (Å²) in [5.74, 6) is -1.55. The van der Waals surface area contributed by atoms with E-state index in [2.05, 4.69) is 6.92 Å². The number of hydrogen-bond acceptors (Lipinski definition) is 2. The number of aromatic carboxylic acids is 1. The Morgan fingerprint density at radius 3 is 1.50 bits per heavy atom. The van der Waals surface area contributed by atoms with Crippen molar-refractivity contribution in [2.45, 2.75) is 103 Å². The minimum Gasteiger partial charge on any atom is -0.481 e. The average Bonchev–Trinajstić information content (AvgIpc) is 2.85. The van der Waals surface area contributed by atoms with E-state index in [9.17, 15) is 9.59 Å². The van der Waals surface area contributed by atoms with Gasteiger partial charge in [-0.25, -0.2) is 4.79 Å². The molecule has 0 atom stereocenters. The maximum Gasteiger partial charge on any atom is 0.336 e. The Balaban J connectivity index is 0.000000347. The van der Waals surface area contributed by atoms with Crippen LogP contribution in [0, 0.1) is 0 Å². The van der Waals surface area contributed by atoms with Crippen LogP contribution in [-0.2, 0) is 4.79 Å². The molecule has 4 heteroatoms. The first-order chi connectivity index (χ1) is 16.6. The predicted molar refractivity (Wildman–Crippen MR) is 141 cm³/mol. The molecule has 2 N–H and O–H groups in total. The molecule has 2 aromatic carbocycles. The summed E-state index contributed by atoms with van der Waals surface area (Å²) in [4.78, 5) is 21.3. The second kappa shape index (κ2) is 19.8. The Labute approximate surface area is 206 Å². The van der Waals surface area contributed by atoms with Gasteiger partial charge in [-0.15, -0.1) is 0 Å². The molecule has 4 nitrogen and oxygen atoms in total. The normalized spacial score (nSPS) is 10.4. The third-order valence-corrected chi connectivity index (χ3v) is 5.99. The highest BCUT2D eigenvalue weighted by Gasteiger charge is 2.09. The molecule has 0 aliphatic carbocycles. The molecule has 0 aliphatic rings. The predicted octanol–water partition coefficient (Wildman–Crippen LogP) is 8.99. The fourth-order valence-corrected chi connectivity index (χ4v) is 4.01. The summed E-state index contributed by atoms with van der Waals surface area (Å²) in [6.45, 7) is 2.27. The second-order valence-electron chi connectivity index (χ2n) is 8.96. The lowest BCUT2D eigenvalue weighted by atomic mass is 10.00. The van der Waals surface area contributed by atoms with E-state index < -0.39 is 11.9 Å². The Kier molecular flexibility index (Phi) is 17.1. The highest BCUT2D eigenvalue weighted by atomic mass is 16.4. The number of carboxylic acid groups (broad SMARTS) is 2. The molecule has 0 radical (unpaired) electrons. The molecular formula is C30H44O4. The summed E-state index contributed by atoms with van der Waals surface area (Å²) >= 11 is 0. The van der Waals surface area contributed by atoms with Gasteiger partial charge in [0.1, 0.15) is 0 Å². The topological polar surface area (TPSA) is 74.6 Å². The van der Waals surface area contributed by atoms with Crippen molar-refractivity contribution in [2.24, 2.45) is 0 Å². The molecule has 0 saturated heterocycles. The Morgan fingerprint density at radius 2 is 1.03 bits per heavy atom. The van der Waals surface area contributed by atoms with Crippen LogP contribution in [0.5, 0.6) is 0 Å². The number of unbranched alkanes of at least 4 members (excludes halogenated alkanes) is 13. The third-order valence-electron chi connectivity index (χ3n) is 5.99. The largest absolute Gasteiger partial charge is 0.481 e. The van der Waals surface area contributed by atoms with E-state index in [-0.39, 0.29) is 0 Å². The number of aliphatic carboxylic acids is 1. The molecule has 0 unspecified atom stereocenters. The van der Waals surface area contributed by atoms with E-state index in [0.717, 1.165) is 24.0 Å². The van der Waals surface area contributed by atoms with Gasteiger partial charge >= 0.3 is 11.9 Å². The summed E-state index contributed by atoms with van der Waals surface area (Å²) < 4.78 is 0.